The molecule has 2 unspecified atom stereocenters. The van der Waals surface area contributed by atoms with Gasteiger partial charge in [0, 0.05) is 11.3 Å². The van der Waals surface area contributed by atoms with Gasteiger partial charge in [0.2, 0.25) is 0 Å². The molecule has 0 heterocycles. The second-order valence-electron chi connectivity index (χ2n) is 5.59. The van der Waals surface area contributed by atoms with E-state index in [9.17, 15) is 5.11 Å². The minimum atomic E-state index is -0.245. The van der Waals surface area contributed by atoms with Gasteiger partial charge in [-0.05, 0) is 24.0 Å². The standard InChI is InChI=1S/C16H26O/c1-6-13-8-10-16(4,5)11-9-14(13)12(3)15(17)7-2/h8-12,15,17H,6-7H2,1-5H3. The van der Waals surface area contributed by atoms with Crippen LogP contribution in [0.2, 0.25) is 0 Å². The normalized spacial score (nSPS) is 22.5. The van der Waals surface area contributed by atoms with Gasteiger partial charge in [-0.3, -0.25) is 0 Å². The van der Waals surface area contributed by atoms with E-state index in [-0.39, 0.29) is 17.4 Å². The topological polar surface area (TPSA) is 20.2 Å². The second kappa shape index (κ2) is 5.68. The molecule has 1 nitrogen and oxygen atoms in total. The van der Waals surface area contributed by atoms with Crippen LogP contribution in [-0.2, 0) is 0 Å². The Labute approximate surface area is 106 Å². The van der Waals surface area contributed by atoms with Crippen LogP contribution < -0.4 is 0 Å². The third kappa shape index (κ3) is 3.57. The van der Waals surface area contributed by atoms with Crippen molar-refractivity contribution in [3.63, 3.8) is 0 Å². The van der Waals surface area contributed by atoms with Crippen molar-refractivity contribution in [3.05, 3.63) is 35.5 Å². The Kier molecular flexibility index (Phi) is 4.76. The Balaban J connectivity index is 3.09. The van der Waals surface area contributed by atoms with Gasteiger partial charge < -0.3 is 5.11 Å². The van der Waals surface area contributed by atoms with E-state index in [0.29, 0.717) is 0 Å². The largest absolute Gasteiger partial charge is 0.393 e. The quantitative estimate of drug-likeness (QED) is 0.771. The van der Waals surface area contributed by atoms with Gasteiger partial charge in [-0.2, -0.15) is 0 Å². The molecule has 17 heavy (non-hydrogen) atoms. The monoisotopic (exact) mass is 234 g/mol. The highest BCUT2D eigenvalue weighted by Gasteiger charge is 2.20. The molecule has 1 rings (SSSR count). The van der Waals surface area contributed by atoms with Crippen LogP contribution >= 0.6 is 0 Å². The predicted molar refractivity (Wildman–Crippen MR) is 74.8 cm³/mol. The van der Waals surface area contributed by atoms with Gasteiger partial charge in [0.15, 0.2) is 0 Å². The van der Waals surface area contributed by atoms with Crippen molar-refractivity contribution in [3.8, 4) is 0 Å². The number of hydrogen-bond acceptors (Lipinski definition) is 1. The fourth-order valence-corrected chi connectivity index (χ4v) is 2.21. The lowest BCUT2D eigenvalue weighted by Crippen LogP contribution is -2.18. The SMILES string of the molecule is CCC1=C(C(C)C(O)CC)C=CC(C)(C)C=C1. The van der Waals surface area contributed by atoms with Gasteiger partial charge in [0.05, 0.1) is 6.10 Å². The van der Waals surface area contributed by atoms with E-state index in [0.717, 1.165) is 12.8 Å². The maximum absolute atomic E-state index is 10.0. The summed E-state index contributed by atoms with van der Waals surface area (Å²) in [5, 5.41) is 10.0. The molecule has 0 aromatic heterocycles. The molecule has 0 amide bonds. The van der Waals surface area contributed by atoms with E-state index in [2.05, 4.69) is 52.0 Å². The zero-order chi connectivity index (χ0) is 13.1. The summed E-state index contributed by atoms with van der Waals surface area (Å²) >= 11 is 0. The zero-order valence-electron chi connectivity index (χ0n) is 11.8. The zero-order valence-corrected chi connectivity index (χ0v) is 11.8. The molecule has 1 aliphatic rings. The number of rotatable bonds is 4. The summed E-state index contributed by atoms with van der Waals surface area (Å²) in [4.78, 5) is 0. The van der Waals surface area contributed by atoms with E-state index >= 15 is 0 Å². The van der Waals surface area contributed by atoms with Crippen LogP contribution in [0.5, 0.6) is 0 Å². The Morgan fingerprint density at radius 3 is 2.29 bits per heavy atom. The molecule has 1 heteroatoms. The first-order valence-electron chi connectivity index (χ1n) is 6.70. The number of allylic oxidation sites excluding steroid dienone is 5. The van der Waals surface area contributed by atoms with Crippen molar-refractivity contribution >= 4 is 0 Å². The van der Waals surface area contributed by atoms with Crippen molar-refractivity contribution < 1.29 is 5.11 Å². The van der Waals surface area contributed by atoms with Crippen LogP contribution in [0.3, 0.4) is 0 Å². The highest BCUT2D eigenvalue weighted by molar-refractivity contribution is 5.39. The van der Waals surface area contributed by atoms with Crippen molar-refractivity contribution in [2.24, 2.45) is 11.3 Å². The lowest BCUT2D eigenvalue weighted by molar-refractivity contribution is 0.130. The van der Waals surface area contributed by atoms with Gasteiger partial charge in [0.25, 0.3) is 0 Å². The maximum Gasteiger partial charge on any atom is 0.0603 e. The predicted octanol–water partition coefficient (Wildman–Crippen LogP) is 4.25. The van der Waals surface area contributed by atoms with Gasteiger partial charge in [0.1, 0.15) is 0 Å². The van der Waals surface area contributed by atoms with Crippen LogP contribution in [0.25, 0.3) is 0 Å². The molecule has 1 N–H and O–H groups in total. The molecule has 96 valence electrons. The van der Waals surface area contributed by atoms with Gasteiger partial charge in [-0.1, -0.05) is 58.9 Å². The molecule has 0 fully saturated rings. The molecule has 1 aliphatic carbocycles. The number of hydrogen-bond donors (Lipinski definition) is 1. The average Bonchev–Trinajstić information content (AvgIpc) is 2.45. The minimum Gasteiger partial charge on any atom is -0.393 e. The molecule has 0 radical (unpaired) electrons. The fraction of sp³-hybridized carbons (Fsp3) is 0.625. The Morgan fingerprint density at radius 2 is 1.76 bits per heavy atom. The summed E-state index contributed by atoms with van der Waals surface area (Å²) in [5.74, 6) is 0.213. The van der Waals surface area contributed by atoms with Crippen molar-refractivity contribution in [2.75, 3.05) is 0 Å². The third-order valence-corrected chi connectivity index (χ3v) is 3.64. The van der Waals surface area contributed by atoms with E-state index < -0.39 is 0 Å². The minimum absolute atomic E-state index is 0.110. The smallest absolute Gasteiger partial charge is 0.0603 e. The summed E-state index contributed by atoms with van der Waals surface area (Å²) < 4.78 is 0. The summed E-state index contributed by atoms with van der Waals surface area (Å²) in [6.45, 7) is 10.7. The Morgan fingerprint density at radius 1 is 1.18 bits per heavy atom. The van der Waals surface area contributed by atoms with Crippen LogP contribution in [0.1, 0.15) is 47.5 Å². The van der Waals surface area contributed by atoms with Gasteiger partial charge in [-0.15, -0.1) is 0 Å². The van der Waals surface area contributed by atoms with Crippen molar-refractivity contribution in [1.82, 2.24) is 0 Å². The first kappa shape index (κ1) is 14.2. The van der Waals surface area contributed by atoms with Gasteiger partial charge >= 0.3 is 0 Å². The summed E-state index contributed by atoms with van der Waals surface area (Å²) in [7, 11) is 0. The highest BCUT2D eigenvalue weighted by atomic mass is 16.3. The van der Waals surface area contributed by atoms with E-state index in [4.69, 9.17) is 0 Å². The van der Waals surface area contributed by atoms with Crippen LogP contribution in [0.4, 0.5) is 0 Å². The third-order valence-electron chi connectivity index (χ3n) is 3.64. The van der Waals surface area contributed by atoms with Crippen LogP contribution in [0, 0.1) is 11.3 Å². The number of aliphatic hydroxyl groups is 1. The van der Waals surface area contributed by atoms with Crippen LogP contribution in [0.15, 0.2) is 35.5 Å². The molecule has 0 saturated heterocycles. The molecule has 0 aliphatic heterocycles. The summed E-state index contributed by atoms with van der Waals surface area (Å²) in [6, 6.07) is 0. The molecule has 0 aromatic rings. The summed E-state index contributed by atoms with van der Waals surface area (Å²) in [6.07, 6.45) is 10.5. The van der Waals surface area contributed by atoms with Crippen molar-refractivity contribution in [1.29, 1.82) is 0 Å². The first-order chi connectivity index (χ1) is 7.91. The van der Waals surface area contributed by atoms with E-state index in [1.165, 1.54) is 11.1 Å². The molecule has 0 saturated carbocycles. The lowest BCUT2D eigenvalue weighted by atomic mass is 9.88. The summed E-state index contributed by atoms with van der Waals surface area (Å²) in [5.41, 5.74) is 2.76. The highest BCUT2D eigenvalue weighted by Crippen LogP contribution is 2.31. The first-order valence-corrected chi connectivity index (χ1v) is 6.70. The molecule has 0 spiro atoms. The molecule has 0 aromatic carbocycles. The number of aliphatic hydroxyl groups excluding tert-OH is 1. The van der Waals surface area contributed by atoms with Gasteiger partial charge in [-0.25, -0.2) is 0 Å². The lowest BCUT2D eigenvalue weighted by Gasteiger charge is -2.21. The van der Waals surface area contributed by atoms with Crippen LogP contribution in [-0.4, -0.2) is 11.2 Å². The molecular formula is C16H26O. The second-order valence-corrected chi connectivity index (χ2v) is 5.59. The van der Waals surface area contributed by atoms with E-state index in [1.54, 1.807) is 0 Å². The van der Waals surface area contributed by atoms with Crippen molar-refractivity contribution in [2.45, 2.75) is 53.6 Å². The molecule has 2 atom stereocenters. The molecular weight excluding hydrogens is 208 g/mol. The average molecular weight is 234 g/mol. The Hall–Kier alpha value is -0.820. The maximum atomic E-state index is 10.0. The molecule has 0 bridgehead atoms. The van der Waals surface area contributed by atoms with E-state index in [1.807, 2.05) is 6.92 Å². The fourth-order valence-electron chi connectivity index (χ4n) is 2.21. The Bertz CT molecular complexity index is 345.